The van der Waals surface area contributed by atoms with E-state index in [-0.39, 0.29) is 100 Å². The van der Waals surface area contributed by atoms with Gasteiger partial charge < -0.3 is 30.7 Å². The van der Waals surface area contributed by atoms with Gasteiger partial charge in [0.05, 0.1) is 34.2 Å². The normalized spacial score (nSPS) is 43.8. The number of amides is 1. The van der Waals surface area contributed by atoms with Crippen molar-refractivity contribution in [3.63, 3.8) is 0 Å². The van der Waals surface area contributed by atoms with Gasteiger partial charge in [0.2, 0.25) is 5.91 Å². The van der Waals surface area contributed by atoms with E-state index in [2.05, 4.69) is 26.1 Å². The molecule has 37 heavy (non-hydrogen) atoms. The number of hydrogen-bond donors (Lipinski definition) is 4. The minimum absolute atomic E-state index is 0. The summed E-state index contributed by atoms with van der Waals surface area (Å²) in [7, 11) is -4.35. The summed E-state index contributed by atoms with van der Waals surface area (Å²) in [6.45, 7) is 6.48. The van der Waals surface area contributed by atoms with Crippen molar-refractivity contribution in [3.8, 4) is 0 Å². The number of carbonyl (C=O) groups excluding carboxylic acids is 1. The van der Waals surface area contributed by atoms with Crippen LogP contribution in [-0.4, -0.2) is 70.3 Å². The smallest absolute Gasteiger partial charge is 0.748 e. The maximum Gasteiger partial charge on any atom is 1.00 e. The second-order valence-corrected chi connectivity index (χ2v) is 14.2. The summed E-state index contributed by atoms with van der Waals surface area (Å²) >= 11 is 0. The number of aliphatic hydroxyl groups excluding tert-OH is 3. The average Bonchev–Trinajstić information content (AvgIpc) is 3.12. The average molecular weight is 556 g/mol. The molecule has 0 aromatic rings. The molecule has 1 unspecified atom stereocenters. The van der Waals surface area contributed by atoms with Crippen LogP contribution in [0.5, 0.6) is 0 Å². The van der Waals surface area contributed by atoms with Gasteiger partial charge in [-0.1, -0.05) is 20.8 Å². The summed E-state index contributed by atoms with van der Waals surface area (Å²) in [4.78, 5) is 12.2. The molecule has 4 fully saturated rings. The first-order valence-corrected chi connectivity index (χ1v) is 15.1. The summed E-state index contributed by atoms with van der Waals surface area (Å²) < 4.78 is 32.2. The summed E-state index contributed by atoms with van der Waals surface area (Å²) in [5, 5.41) is 35.7. The van der Waals surface area contributed by atoms with Gasteiger partial charge in [0.1, 0.15) is 0 Å². The maximum absolute atomic E-state index is 12.2. The SMILES string of the molecule is C[C@@H](CCC(=O)NCCS(=O)(=O)[O-])[C@H]1CC[C@H]2C3[C@H](O)C[C@@H]4C[C@H](O)CC[C@]4(C)[C@H]3C[C@H](O)[C@]12C.O.[Na+]. The van der Waals surface area contributed by atoms with E-state index < -0.39 is 28.1 Å². The Morgan fingerprint density at radius 1 is 1.08 bits per heavy atom. The van der Waals surface area contributed by atoms with Crippen molar-refractivity contribution in [2.45, 2.75) is 96.9 Å². The number of fused-ring (bicyclic) bond motifs is 5. The van der Waals surface area contributed by atoms with Crippen molar-refractivity contribution in [2.75, 3.05) is 12.3 Å². The monoisotopic (exact) mass is 555 g/mol. The van der Waals surface area contributed by atoms with Crippen molar-refractivity contribution in [1.29, 1.82) is 0 Å². The molecule has 4 aliphatic carbocycles. The molecule has 0 saturated heterocycles. The zero-order chi connectivity index (χ0) is 25.8. The van der Waals surface area contributed by atoms with E-state index in [4.69, 9.17) is 0 Å². The van der Waals surface area contributed by atoms with E-state index >= 15 is 0 Å². The van der Waals surface area contributed by atoms with Crippen molar-refractivity contribution in [3.05, 3.63) is 0 Å². The molecule has 1 amide bonds. The molecular formula is C26H46NNaO8S. The number of nitrogens with one attached hydrogen (secondary N) is 1. The fourth-order valence-electron chi connectivity index (χ4n) is 9.10. The predicted octanol–water partition coefficient (Wildman–Crippen LogP) is -1.80. The first-order chi connectivity index (χ1) is 16.3. The molecule has 4 rings (SSSR count). The molecule has 9 nitrogen and oxygen atoms in total. The van der Waals surface area contributed by atoms with Gasteiger partial charge in [-0.15, -0.1) is 0 Å². The van der Waals surface area contributed by atoms with E-state index in [1.165, 1.54) is 0 Å². The molecule has 0 bridgehead atoms. The van der Waals surface area contributed by atoms with Gasteiger partial charge in [0.15, 0.2) is 0 Å². The van der Waals surface area contributed by atoms with E-state index in [0.717, 1.165) is 38.5 Å². The van der Waals surface area contributed by atoms with Crippen molar-refractivity contribution in [2.24, 2.45) is 46.3 Å². The van der Waals surface area contributed by atoms with Gasteiger partial charge in [-0.05, 0) is 97.7 Å². The van der Waals surface area contributed by atoms with Crippen molar-refractivity contribution < 1.29 is 68.1 Å². The van der Waals surface area contributed by atoms with Crippen LogP contribution in [0.2, 0.25) is 0 Å². The van der Waals surface area contributed by atoms with E-state index in [0.29, 0.717) is 18.8 Å². The van der Waals surface area contributed by atoms with Crippen LogP contribution in [0.15, 0.2) is 0 Å². The number of aliphatic hydroxyl groups is 3. The Bertz CT molecular complexity index is 905. The van der Waals surface area contributed by atoms with Gasteiger partial charge in [-0.25, -0.2) is 8.42 Å². The van der Waals surface area contributed by atoms with Gasteiger partial charge in [0, 0.05) is 13.0 Å². The van der Waals surface area contributed by atoms with Gasteiger partial charge in [-0.3, -0.25) is 4.79 Å². The van der Waals surface area contributed by atoms with E-state index in [1.54, 1.807) is 0 Å². The predicted molar refractivity (Wildman–Crippen MR) is 134 cm³/mol. The minimum Gasteiger partial charge on any atom is -0.748 e. The Kier molecular flexibility index (Phi) is 11.2. The fraction of sp³-hybridized carbons (Fsp3) is 0.962. The Morgan fingerprint density at radius 2 is 1.76 bits per heavy atom. The third-order valence-electron chi connectivity index (χ3n) is 11.0. The Labute approximate surface area is 243 Å². The van der Waals surface area contributed by atoms with Crippen LogP contribution in [-0.2, 0) is 14.9 Å². The third-order valence-corrected chi connectivity index (χ3v) is 11.7. The zero-order valence-corrected chi connectivity index (χ0v) is 25.7. The Hall–Kier alpha value is 0.220. The molecule has 4 aliphatic rings. The molecule has 11 heteroatoms. The number of carbonyl (C=O) groups is 1. The van der Waals surface area contributed by atoms with Crippen LogP contribution in [0.1, 0.15) is 78.6 Å². The summed E-state index contributed by atoms with van der Waals surface area (Å²) in [6, 6.07) is 0. The molecule has 0 radical (unpaired) electrons. The van der Waals surface area contributed by atoms with Gasteiger partial charge >= 0.3 is 29.6 Å². The quantitative estimate of drug-likeness (QED) is 0.211. The third kappa shape index (κ3) is 6.43. The van der Waals surface area contributed by atoms with Crippen LogP contribution in [0.25, 0.3) is 0 Å². The van der Waals surface area contributed by atoms with Crippen molar-refractivity contribution in [1.82, 2.24) is 5.32 Å². The summed E-state index contributed by atoms with van der Waals surface area (Å²) in [6.07, 6.45) is 5.58. The molecule has 11 atom stereocenters. The molecule has 0 spiro atoms. The molecule has 6 N–H and O–H groups in total. The van der Waals surface area contributed by atoms with Crippen LogP contribution in [0.4, 0.5) is 0 Å². The maximum atomic E-state index is 12.2. The molecule has 210 valence electrons. The number of rotatable bonds is 7. The molecular weight excluding hydrogens is 509 g/mol. The van der Waals surface area contributed by atoms with Crippen LogP contribution in [0, 0.1) is 46.3 Å². The first kappa shape index (κ1) is 33.4. The van der Waals surface area contributed by atoms with Crippen LogP contribution < -0.4 is 34.9 Å². The van der Waals surface area contributed by atoms with Crippen LogP contribution in [0.3, 0.4) is 0 Å². The second-order valence-electron chi connectivity index (χ2n) is 12.7. The topological polar surface area (TPSA) is 178 Å². The standard InChI is InChI=1S/C26H45NO7S.Na.H2O/c1-15(4-7-23(31)27-10-11-35(32,33)34)18-5-6-19-24-20(14-22(30)26(18,19)3)25(2)9-8-17(28)12-16(25)13-21(24)29;;/h15-22,24,28-30H,4-14H2,1-3H3,(H,27,31)(H,32,33,34);;1H2/q;+1;/p-1/t15-,16-,17+,18+,19-,20-,21+,22-,24?,25-,26+;;/m0../s1. The Balaban J connectivity index is 0.00000241. The molecule has 0 aromatic heterocycles. The minimum atomic E-state index is -4.35. The van der Waals surface area contributed by atoms with Crippen molar-refractivity contribution >= 4 is 16.0 Å². The zero-order valence-electron chi connectivity index (χ0n) is 22.9. The fourth-order valence-corrected chi connectivity index (χ4v) is 9.45. The second kappa shape index (κ2) is 12.4. The number of hydrogen-bond acceptors (Lipinski definition) is 7. The molecule has 0 heterocycles. The van der Waals surface area contributed by atoms with E-state index in [1.807, 2.05) is 0 Å². The summed E-state index contributed by atoms with van der Waals surface area (Å²) in [5.41, 5.74) is -0.267. The largest absolute Gasteiger partial charge is 1.00 e. The molecule has 0 aromatic carbocycles. The van der Waals surface area contributed by atoms with Gasteiger partial charge in [0.25, 0.3) is 0 Å². The Morgan fingerprint density at radius 3 is 2.41 bits per heavy atom. The first-order valence-electron chi connectivity index (χ1n) is 13.5. The van der Waals surface area contributed by atoms with E-state index in [9.17, 15) is 33.1 Å². The molecule has 0 aliphatic heterocycles. The van der Waals surface area contributed by atoms with Gasteiger partial charge in [-0.2, -0.15) is 0 Å². The molecule has 4 saturated carbocycles. The van der Waals surface area contributed by atoms with Crippen LogP contribution >= 0.6 is 0 Å². The summed E-state index contributed by atoms with van der Waals surface area (Å²) in [5.74, 6) is 0.522.